The second-order valence-corrected chi connectivity index (χ2v) is 5.29. The van der Waals surface area contributed by atoms with Crippen molar-refractivity contribution in [2.45, 2.75) is 31.7 Å². The number of anilines is 1. The van der Waals surface area contributed by atoms with Gasteiger partial charge < -0.3 is 10.6 Å². The van der Waals surface area contributed by atoms with Crippen LogP contribution in [0.1, 0.15) is 36.0 Å². The highest BCUT2D eigenvalue weighted by Crippen LogP contribution is 2.31. The van der Waals surface area contributed by atoms with Crippen molar-refractivity contribution in [1.82, 2.24) is 0 Å². The van der Waals surface area contributed by atoms with Gasteiger partial charge in [-0.2, -0.15) is 0 Å². The molecule has 4 nitrogen and oxygen atoms in total. The Kier molecular flexibility index (Phi) is 4.43. The highest BCUT2D eigenvalue weighted by atomic mass is 35.5. The predicted molar refractivity (Wildman–Crippen MR) is 75.6 cm³/mol. The van der Waals surface area contributed by atoms with E-state index in [1.807, 2.05) is 4.90 Å². The third-order valence-corrected chi connectivity index (χ3v) is 3.76. The van der Waals surface area contributed by atoms with Crippen LogP contribution in [-0.4, -0.2) is 24.8 Å². The molecule has 19 heavy (non-hydrogen) atoms. The molecule has 102 valence electrons. The fourth-order valence-electron chi connectivity index (χ4n) is 2.66. The summed E-state index contributed by atoms with van der Waals surface area (Å²) < 4.78 is 0. The summed E-state index contributed by atoms with van der Waals surface area (Å²) in [6, 6.07) is 5.33. The van der Waals surface area contributed by atoms with Crippen molar-refractivity contribution in [2.75, 3.05) is 11.4 Å². The molecule has 0 spiro atoms. The summed E-state index contributed by atoms with van der Waals surface area (Å²) in [4.78, 5) is 24.4. The van der Waals surface area contributed by atoms with Gasteiger partial charge in [-0.25, -0.2) is 0 Å². The zero-order valence-electron chi connectivity index (χ0n) is 10.6. The minimum absolute atomic E-state index is 0.117. The summed E-state index contributed by atoms with van der Waals surface area (Å²) in [7, 11) is 0. The number of nitrogens with zero attached hydrogens (tertiary/aromatic N) is 1. The van der Waals surface area contributed by atoms with E-state index < -0.39 is 5.91 Å². The van der Waals surface area contributed by atoms with Gasteiger partial charge in [-0.05, 0) is 31.0 Å². The number of rotatable bonds is 5. The average molecular weight is 281 g/mol. The number of primary amides is 1. The van der Waals surface area contributed by atoms with Crippen LogP contribution in [0, 0.1) is 0 Å². The number of hydrogen-bond acceptors (Lipinski definition) is 3. The molecule has 1 fully saturated rings. The highest BCUT2D eigenvalue weighted by Gasteiger charge is 2.25. The minimum Gasteiger partial charge on any atom is -0.368 e. The Bertz CT molecular complexity index is 484. The second kappa shape index (κ2) is 6.06. The zero-order chi connectivity index (χ0) is 13.8. The number of carbonyl (C=O) groups is 2. The lowest BCUT2D eigenvalue weighted by Gasteiger charge is -2.31. The molecule has 0 saturated heterocycles. The molecule has 0 aromatic heterocycles. The first-order valence-electron chi connectivity index (χ1n) is 6.41. The summed E-state index contributed by atoms with van der Waals surface area (Å²) in [6.07, 6.45) is 5.08. The van der Waals surface area contributed by atoms with E-state index in [9.17, 15) is 9.59 Å². The molecule has 1 aliphatic rings. The Hall–Kier alpha value is -1.55. The molecule has 0 unspecified atom stereocenters. The van der Waals surface area contributed by atoms with E-state index in [0.717, 1.165) is 32.0 Å². The first-order chi connectivity index (χ1) is 9.11. The second-order valence-electron chi connectivity index (χ2n) is 4.85. The number of amides is 1. The number of halogens is 1. The van der Waals surface area contributed by atoms with Gasteiger partial charge in [0.1, 0.15) is 0 Å². The maximum absolute atomic E-state index is 11.3. The van der Waals surface area contributed by atoms with Gasteiger partial charge in [0.2, 0.25) is 5.91 Å². The molecule has 0 bridgehead atoms. The monoisotopic (exact) mass is 280 g/mol. The van der Waals surface area contributed by atoms with E-state index >= 15 is 0 Å². The summed E-state index contributed by atoms with van der Waals surface area (Å²) >= 11 is 6.00. The molecule has 2 rings (SSSR count). The molecule has 0 aliphatic heterocycles. The van der Waals surface area contributed by atoms with Crippen LogP contribution in [0.15, 0.2) is 18.2 Å². The average Bonchev–Trinajstić information content (AvgIpc) is 2.89. The fraction of sp³-hybridized carbons (Fsp3) is 0.429. The quantitative estimate of drug-likeness (QED) is 0.842. The third-order valence-electron chi connectivity index (χ3n) is 3.52. The largest absolute Gasteiger partial charge is 0.368 e. The molecule has 1 aromatic carbocycles. The van der Waals surface area contributed by atoms with E-state index in [0.29, 0.717) is 16.3 Å². The molecule has 0 atom stereocenters. The molecule has 1 amide bonds. The Labute approximate surface area is 117 Å². The number of nitrogens with two attached hydrogens (primary N) is 1. The van der Waals surface area contributed by atoms with Crippen LogP contribution in [0.25, 0.3) is 0 Å². The van der Waals surface area contributed by atoms with Crippen molar-refractivity contribution in [3.63, 3.8) is 0 Å². The smallest absolute Gasteiger partial charge is 0.236 e. The summed E-state index contributed by atoms with van der Waals surface area (Å²) in [5.41, 5.74) is 6.57. The van der Waals surface area contributed by atoms with Crippen molar-refractivity contribution in [1.29, 1.82) is 0 Å². The topological polar surface area (TPSA) is 63.4 Å². The lowest BCUT2D eigenvalue weighted by Crippen LogP contribution is -2.40. The van der Waals surface area contributed by atoms with Crippen LogP contribution >= 0.6 is 11.6 Å². The molecular formula is C14H17ClN2O2. The number of hydrogen-bond donors (Lipinski definition) is 1. The molecule has 1 aliphatic carbocycles. The number of carbonyl (C=O) groups excluding carboxylic acids is 2. The van der Waals surface area contributed by atoms with Crippen molar-refractivity contribution < 1.29 is 9.59 Å². The minimum atomic E-state index is -0.399. The lowest BCUT2D eigenvalue weighted by molar-refractivity contribution is -0.116. The van der Waals surface area contributed by atoms with Gasteiger partial charge in [-0.15, -0.1) is 0 Å². The predicted octanol–water partition coefficient (Wildman–Crippen LogP) is 2.39. The van der Waals surface area contributed by atoms with E-state index in [1.165, 1.54) is 0 Å². The van der Waals surface area contributed by atoms with E-state index in [2.05, 4.69) is 0 Å². The Morgan fingerprint density at radius 3 is 2.68 bits per heavy atom. The molecule has 0 radical (unpaired) electrons. The fourth-order valence-corrected chi connectivity index (χ4v) is 2.83. The first kappa shape index (κ1) is 13.9. The van der Waals surface area contributed by atoms with E-state index in [4.69, 9.17) is 17.3 Å². The molecule has 2 N–H and O–H groups in total. The van der Waals surface area contributed by atoms with Crippen LogP contribution in [0.2, 0.25) is 5.02 Å². The van der Waals surface area contributed by atoms with Crippen LogP contribution < -0.4 is 10.6 Å². The van der Waals surface area contributed by atoms with Crippen molar-refractivity contribution >= 4 is 29.5 Å². The van der Waals surface area contributed by atoms with Gasteiger partial charge in [-0.1, -0.05) is 24.4 Å². The Morgan fingerprint density at radius 1 is 1.42 bits per heavy atom. The number of aldehydes is 1. The normalized spacial score (nSPS) is 15.4. The van der Waals surface area contributed by atoms with Gasteiger partial charge in [-0.3, -0.25) is 9.59 Å². The van der Waals surface area contributed by atoms with Crippen LogP contribution in [0.5, 0.6) is 0 Å². The maximum atomic E-state index is 11.3. The van der Waals surface area contributed by atoms with Gasteiger partial charge >= 0.3 is 0 Å². The maximum Gasteiger partial charge on any atom is 0.236 e. The lowest BCUT2D eigenvalue weighted by atomic mass is 10.1. The van der Waals surface area contributed by atoms with Gasteiger partial charge in [0.25, 0.3) is 0 Å². The van der Waals surface area contributed by atoms with Gasteiger partial charge in [0.05, 0.1) is 6.54 Å². The SMILES string of the molecule is NC(=O)CN(c1cc(Cl)ccc1C=O)C1CCCC1. The highest BCUT2D eigenvalue weighted by molar-refractivity contribution is 6.31. The van der Waals surface area contributed by atoms with Crippen molar-refractivity contribution in [3.05, 3.63) is 28.8 Å². The van der Waals surface area contributed by atoms with Gasteiger partial charge in [0, 0.05) is 22.3 Å². The van der Waals surface area contributed by atoms with Gasteiger partial charge in [0.15, 0.2) is 6.29 Å². The third kappa shape index (κ3) is 3.26. The summed E-state index contributed by atoms with van der Waals surface area (Å²) in [5, 5.41) is 0.549. The van der Waals surface area contributed by atoms with Crippen molar-refractivity contribution in [3.8, 4) is 0 Å². The van der Waals surface area contributed by atoms with Crippen molar-refractivity contribution in [2.24, 2.45) is 5.73 Å². The van der Waals surface area contributed by atoms with Crippen LogP contribution in [0.3, 0.4) is 0 Å². The van der Waals surface area contributed by atoms with E-state index in [-0.39, 0.29) is 12.6 Å². The molecule has 1 saturated carbocycles. The molecule has 1 aromatic rings. The molecule has 5 heteroatoms. The number of benzene rings is 1. The Morgan fingerprint density at radius 2 is 2.11 bits per heavy atom. The Balaban J connectivity index is 2.38. The van der Waals surface area contributed by atoms with Crippen LogP contribution in [-0.2, 0) is 4.79 Å². The van der Waals surface area contributed by atoms with E-state index in [1.54, 1.807) is 18.2 Å². The summed E-state index contributed by atoms with van der Waals surface area (Å²) in [5.74, 6) is -0.399. The van der Waals surface area contributed by atoms with Crippen LogP contribution in [0.4, 0.5) is 5.69 Å². The zero-order valence-corrected chi connectivity index (χ0v) is 11.4. The summed E-state index contributed by atoms with van der Waals surface area (Å²) in [6.45, 7) is 0.117. The molecule has 0 heterocycles. The first-order valence-corrected chi connectivity index (χ1v) is 6.79. The standard InChI is InChI=1S/C14H17ClN2O2/c15-11-6-5-10(9-18)13(7-11)17(8-14(16)19)12-3-1-2-4-12/h5-7,9,12H,1-4,8H2,(H2,16,19). The molecular weight excluding hydrogens is 264 g/mol.